The van der Waals surface area contributed by atoms with Gasteiger partial charge in [-0.1, -0.05) is 30.3 Å². The van der Waals surface area contributed by atoms with Crippen LogP contribution in [0.3, 0.4) is 0 Å². The third-order valence-corrected chi connectivity index (χ3v) is 7.11. The molecule has 0 saturated carbocycles. The van der Waals surface area contributed by atoms with Gasteiger partial charge in [-0.3, -0.25) is 4.79 Å². The van der Waals surface area contributed by atoms with Gasteiger partial charge < -0.3 is 20.5 Å². The molecule has 0 bridgehead atoms. The van der Waals surface area contributed by atoms with Crippen molar-refractivity contribution < 1.29 is 4.79 Å². The summed E-state index contributed by atoms with van der Waals surface area (Å²) in [5.41, 5.74) is 10.3. The Morgan fingerprint density at radius 1 is 1.14 bits per heavy atom. The van der Waals surface area contributed by atoms with E-state index < -0.39 is 0 Å². The number of aromatic nitrogens is 5. The highest BCUT2D eigenvalue weighted by atomic mass is 16.2. The van der Waals surface area contributed by atoms with Gasteiger partial charge in [0.15, 0.2) is 5.65 Å². The van der Waals surface area contributed by atoms with Crippen LogP contribution in [0.25, 0.3) is 17.0 Å². The van der Waals surface area contributed by atoms with Gasteiger partial charge in [0.25, 0.3) is 5.91 Å². The molecule has 0 radical (unpaired) electrons. The van der Waals surface area contributed by atoms with E-state index in [4.69, 9.17) is 15.8 Å². The number of carbonyl (C=O) groups is 1. The molecule has 6 rings (SSSR count). The van der Waals surface area contributed by atoms with Crippen molar-refractivity contribution in [3.05, 3.63) is 65.7 Å². The van der Waals surface area contributed by atoms with E-state index in [0.29, 0.717) is 18.1 Å². The number of likely N-dealkylation sites (tertiary alicyclic amines) is 1. The molecule has 9 nitrogen and oxygen atoms in total. The second-order valence-electron chi connectivity index (χ2n) is 9.64. The highest BCUT2D eigenvalue weighted by Gasteiger charge is 2.32. The average molecular weight is 471 g/mol. The van der Waals surface area contributed by atoms with Crippen LogP contribution < -0.4 is 10.6 Å². The van der Waals surface area contributed by atoms with Gasteiger partial charge in [0.05, 0.1) is 17.9 Å². The molecule has 35 heavy (non-hydrogen) atoms. The molecule has 0 spiro atoms. The number of hydrogen-bond acceptors (Lipinski definition) is 6. The Morgan fingerprint density at radius 2 is 2.00 bits per heavy atom. The molecule has 4 aromatic rings. The van der Waals surface area contributed by atoms with Crippen LogP contribution in [0.5, 0.6) is 0 Å². The maximum absolute atomic E-state index is 13.5. The van der Waals surface area contributed by atoms with Crippen molar-refractivity contribution in [2.75, 3.05) is 24.5 Å². The lowest BCUT2D eigenvalue weighted by atomic mass is 9.99. The lowest BCUT2D eigenvalue weighted by Gasteiger charge is -2.34. The Bertz CT molecular complexity index is 1360. The van der Waals surface area contributed by atoms with Gasteiger partial charge in [-0.2, -0.15) is 5.10 Å². The number of rotatable bonds is 4. The first-order valence-electron chi connectivity index (χ1n) is 12.4. The quantitative estimate of drug-likeness (QED) is 0.474. The fraction of sp³-hybridized carbons (Fsp3) is 0.385. The molecule has 1 aromatic carbocycles. The first-order valence-corrected chi connectivity index (χ1v) is 12.4. The number of benzene rings is 1. The van der Waals surface area contributed by atoms with E-state index in [1.54, 1.807) is 6.20 Å². The van der Waals surface area contributed by atoms with Crippen molar-refractivity contribution in [2.24, 2.45) is 5.73 Å². The van der Waals surface area contributed by atoms with Gasteiger partial charge in [0, 0.05) is 49.1 Å². The first kappa shape index (κ1) is 21.8. The summed E-state index contributed by atoms with van der Waals surface area (Å²) in [6.07, 6.45) is 7.56. The number of aromatic amines is 1. The Hall–Kier alpha value is -3.72. The van der Waals surface area contributed by atoms with Crippen molar-refractivity contribution in [1.29, 1.82) is 0 Å². The summed E-state index contributed by atoms with van der Waals surface area (Å²) in [4.78, 5) is 30.3. The fourth-order valence-corrected chi connectivity index (χ4v) is 5.29. The van der Waals surface area contributed by atoms with E-state index in [-0.39, 0.29) is 18.0 Å². The second-order valence-corrected chi connectivity index (χ2v) is 9.64. The minimum absolute atomic E-state index is 0.0441. The number of aryl methyl sites for hydroxylation is 1. The summed E-state index contributed by atoms with van der Waals surface area (Å²) in [7, 11) is 0. The van der Waals surface area contributed by atoms with Gasteiger partial charge in [-0.25, -0.2) is 14.5 Å². The standard InChI is InChI=1S/C26H30N8O/c1-17-15-34-23(30-25(17)32-12-10-19(27)16-32)13-20(31-34)22-9-5-6-11-33(22)26(35)21-14-28-24(29-21)18-7-3-2-4-8-18/h2-4,7-8,13-15,19,22H,5-6,9-12,16,27H2,1H3,(H,28,29)/t19-,22-/m0/s1. The molecule has 2 aliphatic rings. The van der Waals surface area contributed by atoms with Crippen LogP contribution in [-0.4, -0.2) is 61.0 Å². The van der Waals surface area contributed by atoms with Gasteiger partial charge in [0.2, 0.25) is 0 Å². The Morgan fingerprint density at radius 3 is 2.80 bits per heavy atom. The molecule has 2 fully saturated rings. The van der Waals surface area contributed by atoms with Crippen LogP contribution in [0.4, 0.5) is 5.82 Å². The van der Waals surface area contributed by atoms with Crippen molar-refractivity contribution in [1.82, 2.24) is 29.5 Å². The average Bonchev–Trinajstić information content (AvgIpc) is 3.63. The SMILES string of the molecule is Cc1cn2nc([C@@H]3CCCCN3C(=O)c3cnc(-c4ccccc4)[nH]3)cc2nc1N1CC[C@H](N)C1. The number of imidazole rings is 1. The van der Waals surface area contributed by atoms with Crippen molar-refractivity contribution >= 4 is 17.4 Å². The minimum Gasteiger partial charge on any atom is -0.355 e. The molecule has 9 heteroatoms. The molecular weight excluding hydrogens is 440 g/mol. The molecule has 2 aliphatic heterocycles. The summed E-state index contributed by atoms with van der Waals surface area (Å²) in [5, 5.41) is 4.85. The summed E-state index contributed by atoms with van der Waals surface area (Å²) < 4.78 is 1.84. The fourth-order valence-electron chi connectivity index (χ4n) is 5.29. The number of piperidine rings is 1. The summed E-state index contributed by atoms with van der Waals surface area (Å²) >= 11 is 0. The topological polar surface area (TPSA) is 108 Å². The van der Waals surface area contributed by atoms with E-state index in [1.807, 2.05) is 52.0 Å². The number of nitrogens with zero attached hydrogens (tertiary/aromatic N) is 6. The number of hydrogen-bond donors (Lipinski definition) is 2. The van der Waals surface area contributed by atoms with Crippen molar-refractivity contribution in [3.63, 3.8) is 0 Å². The second kappa shape index (κ2) is 8.81. The van der Waals surface area contributed by atoms with Crippen LogP contribution in [0.1, 0.15) is 53.5 Å². The van der Waals surface area contributed by atoms with Gasteiger partial charge in [0.1, 0.15) is 17.3 Å². The zero-order valence-corrected chi connectivity index (χ0v) is 19.9. The Kier molecular flexibility index (Phi) is 5.49. The molecule has 3 aromatic heterocycles. The van der Waals surface area contributed by atoms with Gasteiger partial charge >= 0.3 is 0 Å². The van der Waals surface area contributed by atoms with Gasteiger partial charge in [-0.15, -0.1) is 0 Å². The third-order valence-electron chi connectivity index (χ3n) is 7.11. The van der Waals surface area contributed by atoms with E-state index in [9.17, 15) is 4.79 Å². The lowest BCUT2D eigenvalue weighted by Crippen LogP contribution is -2.38. The van der Waals surface area contributed by atoms with E-state index >= 15 is 0 Å². The number of fused-ring (bicyclic) bond motifs is 1. The smallest absolute Gasteiger partial charge is 0.272 e. The highest BCUT2D eigenvalue weighted by Crippen LogP contribution is 2.33. The molecule has 2 atom stereocenters. The Labute approximate surface area is 204 Å². The van der Waals surface area contributed by atoms with Crippen molar-refractivity contribution in [3.8, 4) is 11.4 Å². The molecule has 0 unspecified atom stereocenters. The minimum atomic E-state index is -0.0922. The largest absolute Gasteiger partial charge is 0.355 e. The highest BCUT2D eigenvalue weighted by molar-refractivity contribution is 5.93. The molecule has 180 valence electrons. The zero-order valence-electron chi connectivity index (χ0n) is 19.9. The van der Waals surface area contributed by atoms with E-state index in [0.717, 1.165) is 67.1 Å². The lowest BCUT2D eigenvalue weighted by molar-refractivity contribution is 0.0600. The first-order chi connectivity index (χ1) is 17.1. The molecule has 5 heterocycles. The van der Waals surface area contributed by atoms with Crippen LogP contribution in [0, 0.1) is 6.92 Å². The summed E-state index contributed by atoms with van der Waals surface area (Å²) in [5.74, 6) is 1.63. The number of amides is 1. The van der Waals surface area contributed by atoms with E-state index in [1.165, 1.54) is 0 Å². The normalized spacial score (nSPS) is 20.6. The van der Waals surface area contributed by atoms with Crippen LogP contribution >= 0.6 is 0 Å². The zero-order chi connectivity index (χ0) is 23.9. The predicted octanol–water partition coefficient (Wildman–Crippen LogP) is 3.33. The molecule has 1 amide bonds. The van der Waals surface area contributed by atoms with Gasteiger partial charge in [-0.05, 0) is 32.6 Å². The Balaban J connectivity index is 1.29. The predicted molar refractivity (Wildman–Crippen MR) is 134 cm³/mol. The summed E-state index contributed by atoms with van der Waals surface area (Å²) in [6, 6.07) is 12.0. The third kappa shape index (κ3) is 4.05. The number of H-pyrrole nitrogens is 1. The molecular formula is C26H30N8O. The van der Waals surface area contributed by atoms with E-state index in [2.05, 4.69) is 21.8 Å². The monoisotopic (exact) mass is 470 g/mol. The molecule has 0 aliphatic carbocycles. The number of carbonyl (C=O) groups excluding carboxylic acids is 1. The van der Waals surface area contributed by atoms with Crippen LogP contribution in [-0.2, 0) is 0 Å². The number of nitrogens with one attached hydrogen (secondary N) is 1. The molecule has 3 N–H and O–H groups in total. The molecule has 2 saturated heterocycles. The maximum atomic E-state index is 13.5. The van der Waals surface area contributed by atoms with Crippen LogP contribution in [0.2, 0.25) is 0 Å². The number of nitrogens with two attached hydrogens (primary N) is 1. The maximum Gasteiger partial charge on any atom is 0.272 e. The van der Waals surface area contributed by atoms with Crippen molar-refractivity contribution in [2.45, 2.75) is 44.7 Å². The van der Waals surface area contributed by atoms with Crippen LogP contribution in [0.15, 0.2) is 48.8 Å². The number of anilines is 1. The summed E-state index contributed by atoms with van der Waals surface area (Å²) in [6.45, 7) is 4.50.